The molecule has 0 heterocycles. The van der Waals surface area contributed by atoms with Crippen LogP contribution in [0.5, 0.6) is 0 Å². The Morgan fingerprint density at radius 1 is 1.04 bits per heavy atom. The van der Waals surface area contributed by atoms with Gasteiger partial charge in [0, 0.05) is 12.8 Å². The molecule has 0 radical (unpaired) electrons. The van der Waals surface area contributed by atoms with Gasteiger partial charge >= 0.3 is 0 Å². The van der Waals surface area contributed by atoms with Crippen LogP contribution in [0.2, 0.25) is 0 Å². The van der Waals surface area contributed by atoms with Crippen molar-refractivity contribution in [2.45, 2.75) is 105 Å². The summed E-state index contributed by atoms with van der Waals surface area (Å²) in [6, 6.07) is 0. The highest BCUT2D eigenvalue weighted by atomic mass is 16.1. The van der Waals surface area contributed by atoms with Gasteiger partial charge in [0.25, 0.3) is 0 Å². The average Bonchev–Trinajstić information content (AvgIpc) is 2.99. The maximum atomic E-state index is 12.1. The average molecular weight is 385 g/mol. The Morgan fingerprint density at radius 2 is 1.82 bits per heavy atom. The van der Waals surface area contributed by atoms with E-state index in [1.54, 1.807) is 0 Å². The van der Waals surface area contributed by atoms with Crippen LogP contribution in [0.25, 0.3) is 0 Å². The third kappa shape index (κ3) is 3.33. The zero-order valence-electron chi connectivity index (χ0n) is 19.2. The molecule has 0 unspecified atom stereocenters. The van der Waals surface area contributed by atoms with Crippen molar-refractivity contribution in [2.24, 2.45) is 46.3 Å². The monoisotopic (exact) mass is 384 g/mol. The molecule has 0 saturated heterocycles. The second kappa shape index (κ2) is 7.59. The minimum absolute atomic E-state index is 0.332. The molecule has 7 atom stereocenters. The van der Waals surface area contributed by atoms with E-state index in [1.165, 1.54) is 56.9 Å². The number of Topliss-reactive ketones (excluding diaryl/α,β-unsaturated/α-hetero) is 1. The molecule has 0 N–H and O–H groups in total. The largest absolute Gasteiger partial charge is 0.299 e. The maximum Gasteiger partial charge on any atom is 0.136 e. The van der Waals surface area contributed by atoms with Gasteiger partial charge in [0.2, 0.25) is 0 Å². The Morgan fingerprint density at radius 3 is 2.57 bits per heavy atom. The predicted octanol–water partition coefficient (Wildman–Crippen LogP) is 7.60. The van der Waals surface area contributed by atoms with Gasteiger partial charge < -0.3 is 0 Å². The van der Waals surface area contributed by atoms with Crippen LogP contribution in [0.1, 0.15) is 105 Å². The van der Waals surface area contributed by atoms with E-state index in [-0.39, 0.29) is 0 Å². The number of fused-ring (bicyclic) bond motifs is 5. The lowest BCUT2D eigenvalue weighted by molar-refractivity contribution is -0.122. The standard InChI is InChI=1S/C27H44O/c1-18(2)7-6-8-19(3)23-11-12-24-22-10-9-20-17-21(28)13-15-26(20,4)25(22)14-16-27(23,24)5/h9,18-19,22-25H,6-8,10-17H2,1-5H3/t19-,22-,23+,24-,25-,26+,27+/m0/s1. The van der Waals surface area contributed by atoms with Crippen molar-refractivity contribution in [2.75, 3.05) is 0 Å². The van der Waals surface area contributed by atoms with Crippen molar-refractivity contribution >= 4 is 5.78 Å². The Bertz CT molecular complexity index is 630. The van der Waals surface area contributed by atoms with E-state index in [1.807, 2.05) is 0 Å². The van der Waals surface area contributed by atoms with Gasteiger partial charge in [0.1, 0.15) is 5.78 Å². The summed E-state index contributed by atoms with van der Waals surface area (Å²) in [7, 11) is 0. The Labute approximate surface area is 174 Å². The van der Waals surface area contributed by atoms with Crippen LogP contribution < -0.4 is 0 Å². The molecule has 4 aliphatic rings. The SMILES string of the molecule is CC(C)CCC[C@H](C)[C@H]1CC[C@H]2[C@@H]3CC=C4CC(=O)CC[C@@]4(C)[C@H]3CC[C@]12C. The van der Waals surface area contributed by atoms with Gasteiger partial charge in [-0.3, -0.25) is 4.79 Å². The van der Waals surface area contributed by atoms with Crippen LogP contribution in [-0.2, 0) is 4.79 Å². The van der Waals surface area contributed by atoms with Gasteiger partial charge in [-0.25, -0.2) is 0 Å². The number of carbonyl (C=O) groups excluding carboxylic acids is 1. The zero-order valence-corrected chi connectivity index (χ0v) is 19.2. The highest BCUT2D eigenvalue weighted by Crippen LogP contribution is 2.67. The van der Waals surface area contributed by atoms with Crippen LogP contribution >= 0.6 is 0 Å². The molecular weight excluding hydrogens is 340 g/mol. The van der Waals surface area contributed by atoms with Crippen molar-refractivity contribution in [3.63, 3.8) is 0 Å². The Hall–Kier alpha value is -0.590. The Kier molecular flexibility index (Phi) is 5.60. The van der Waals surface area contributed by atoms with E-state index < -0.39 is 0 Å². The predicted molar refractivity (Wildman–Crippen MR) is 118 cm³/mol. The second-order valence-corrected chi connectivity index (χ2v) is 12.0. The first kappa shape index (κ1) is 20.7. The lowest BCUT2D eigenvalue weighted by Crippen LogP contribution is -2.50. The molecule has 4 rings (SSSR count). The van der Waals surface area contributed by atoms with Crippen molar-refractivity contribution in [1.82, 2.24) is 0 Å². The molecule has 0 bridgehead atoms. The first-order valence-corrected chi connectivity index (χ1v) is 12.5. The Balaban J connectivity index is 1.50. The highest BCUT2D eigenvalue weighted by molar-refractivity contribution is 5.82. The lowest BCUT2D eigenvalue weighted by atomic mass is 9.47. The highest BCUT2D eigenvalue weighted by Gasteiger charge is 2.59. The molecule has 1 nitrogen and oxygen atoms in total. The minimum Gasteiger partial charge on any atom is -0.299 e. The summed E-state index contributed by atoms with van der Waals surface area (Å²) in [5, 5.41) is 0. The molecule has 4 aliphatic carbocycles. The summed E-state index contributed by atoms with van der Waals surface area (Å²) in [6.07, 6.45) is 16.5. The number of hydrogen-bond acceptors (Lipinski definition) is 1. The molecule has 158 valence electrons. The molecule has 0 aliphatic heterocycles. The summed E-state index contributed by atoms with van der Waals surface area (Å²) < 4.78 is 0. The molecule has 0 amide bonds. The van der Waals surface area contributed by atoms with E-state index in [2.05, 4.69) is 40.7 Å². The number of allylic oxidation sites excluding steroid dienone is 2. The van der Waals surface area contributed by atoms with Crippen LogP contribution in [0.4, 0.5) is 0 Å². The summed E-state index contributed by atoms with van der Waals surface area (Å²) >= 11 is 0. The fourth-order valence-corrected chi connectivity index (χ4v) is 8.50. The van der Waals surface area contributed by atoms with E-state index in [4.69, 9.17) is 0 Å². The lowest BCUT2D eigenvalue weighted by Gasteiger charge is -2.58. The summed E-state index contributed by atoms with van der Waals surface area (Å²) in [6.45, 7) is 12.5. The molecular formula is C27H44O. The van der Waals surface area contributed by atoms with Crippen molar-refractivity contribution in [3.8, 4) is 0 Å². The van der Waals surface area contributed by atoms with E-state index in [0.717, 1.165) is 54.8 Å². The first-order valence-electron chi connectivity index (χ1n) is 12.5. The van der Waals surface area contributed by atoms with Gasteiger partial charge in [-0.15, -0.1) is 0 Å². The van der Waals surface area contributed by atoms with Crippen molar-refractivity contribution < 1.29 is 4.79 Å². The number of ketones is 1. The van der Waals surface area contributed by atoms with E-state index in [0.29, 0.717) is 16.6 Å². The number of carbonyl (C=O) groups is 1. The summed E-state index contributed by atoms with van der Waals surface area (Å²) in [5.74, 6) is 5.82. The molecule has 0 aromatic heterocycles. The maximum absolute atomic E-state index is 12.1. The molecule has 1 heteroatoms. The van der Waals surface area contributed by atoms with E-state index >= 15 is 0 Å². The fourth-order valence-electron chi connectivity index (χ4n) is 8.50. The van der Waals surface area contributed by atoms with Gasteiger partial charge in [-0.1, -0.05) is 65.5 Å². The third-order valence-electron chi connectivity index (χ3n) is 10.1. The zero-order chi connectivity index (χ0) is 20.1. The van der Waals surface area contributed by atoms with Crippen LogP contribution in [-0.4, -0.2) is 5.78 Å². The molecule has 0 spiro atoms. The summed E-state index contributed by atoms with van der Waals surface area (Å²) in [5.41, 5.74) is 2.43. The molecule has 3 saturated carbocycles. The van der Waals surface area contributed by atoms with E-state index in [9.17, 15) is 4.79 Å². The van der Waals surface area contributed by atoms with Gasteiger partial charge in [-0.2, -0.15) is 0 Å². The van der Waals surface area contributed by atoms with Gasteiger partial charge in [0.15, 0.2) is 0 Å². The molecule has 3 fully saturated rings. The quantitative estimate of drug-likeness (QED) is 0.446. The smallest absolute Gasteiger partial charge is 0.136 e. The second-order valence-electron chi connectivity index (χ2n) is 12.0. The van der Waals surface area contributed by atoms with Crippen LogP contribution in [0.3, 0.4) is 0 Å². The van der Waals surface area contributed by atoms with Gasteiger partial charge in [-0.05, 0) is 84.9 Å². The third-order valence-corrected chi connectivity index (χ3v) is 10.1. The number of hydrogen-bond donors (Lipinski definition) is 0. The first-order chi connectivity index (χ1) is 13.3. The molecule has 0 aromatic rings. The number of rotatable bonds is 5. The summed E-state index contributed by atoms with van der Waals surface area (Å²) in [4.78, 5) is 12.1. The minimum atomic E-state index is 0.332. The molecule has 28 heavy (non-hydrogen) atoms. The van der Waals surface area contributed by atoms with Crippen LogP contribution in [0, 0.1) is 46.3 Å². The van der Waals surface area contributed by atoms with Crippen molar-refractivity contribution in [3.05, 3.63) is 11.6 Å². The topological polar surface area (TPSA) is 17.1 Å². The normalized spacial score (nSPS) is 43.9. The van der Waals surface area contributed by atoms with Crippen LogP contribution in [0.15, 0.2) is 11.6 Å². The fraction of sp³-hybridized carbons (Fsp3) is 0.889. The molecule has 0 aromatic carbocycles. The van der Waals surface area contributed by atoms with Crippen molar-refractivity contribution in [1.29, 1.82) is 0 Å². The van der Waals surface area contributed by atoms with Gasteiger partial charge in [0.05, 0.1) is 0 Å².